The fraction of sp³-hybridized carbons (Fsp3) is 1.00. The Labute approximate surface area is 66.8 Å². The zero-order chi connectivity index (χ0) is 8.08. The van der Waals surface area contributed by atoms with Crippen molar-refractivity contribution in [1.82, 2.24) is 0 Å². The summed E-state index contributed by atoms with van der Waals surface area (Å²) in [4.78, 5) is 0. The molecule has 0 aliphatic heterocycles. The van der Waals surface area contributed by atoms with Crippen molar-refractivity contribution >= 4 is 35.1 Å². The summed E-state index contributed by atoms with van der Waals surface area (Å²) in [5.74, 6) is 0. The van der Waals surface area contributed by atoms with E-state index in [0.29, 0.717) is 0 Å². The van der Waals surface area contributed by atoms with Gasteiger partial charge in [-0.05, 0) is 0 Å². The molecule has 0 aliphatic carbocycles. The molecule has 9 heavy (non-hydrogen) atoms. The van der Waals surface area contributed by atoms with E-state index in [1.807, 2.05) is 0 Å². The Morgan fingerprint density at radius 3 is 1.33 bits per heavy atom. The summed E-state index contributed by atoms with van der Waals surface area (Å²) in [6, 6.07) is 0. The molecule has 0 atom stereocenters. The van der Waals surface area contributed by atoms with Crippen molar-refractivity contribution in [3.8, 4) is 0 Å². The number of rotatable bonds is 0. The van der Waals surface area contributed by atoms with Gasteiger partial charge >= 0.3 is 5.09 Å². The van der Waals surface area contributed by atoms with Crippen LogP contribution >= 0.6 is 27.0 Å². The van der Waals surface area contributed by atoms with Crippen LogP contribution in [0.4, 0.5) is 13.2 Å². The minimum Gasteiger partial charge on any atom is -0.172 e. The average Bonchev–Trinajstić information content (AvgIpc) is 1.19. The van der Waals surface area contributed by atoms with Crippen LogP contribution < -0.4 is 0 Å². The molecule has 0 saturated carbocycles. The van der Waals surface area contributed by atoms with Crippen molar-refractivity contribution in [1.29, 1.82) is 0 Å². The van der Waals surface area contributed by atoms with Gasteiger partial charge in [0.15, 0.2) is 0 Å². The molecule has 0 nitrogen and oxygen atoms in total. The van der Waals surface area contributed by atoms with Gasteiger partial charge in [0.25, 0.3) is 0 Å². The SMILES string of the molecule is C[SiH](C)Cl.FC(F)(F)Br. The molecule has 0 spiro atoms. The van der Waals surface area contributed by atoms with Crippen molar-refractivity contribution in [3.05, 3.63) is 0 Å². The third-order valence-electron chi connectivity index (χ3n) is 0. The van der Waals surface area contributed by atoms with Crippen molar-refractivity contribution in [2.24, 2.45) is 0 Å². The van der Waals surface area contributed by atoms with Crippen molar-refractivity contribution in [2.45, 2.75) is 18.2 Å². The smallest absolute Gasteiger partial charge is 0.172 e. The number of halogens is 5. The van der Waals surface area contributed by atoms with Crippen LogP contribution in [0, 0.1) is 0 Å². The first-order valence-electron chi connectivity index (χ1n) is 2.13. The molecule has 0 amide bonds. The highest BCUT2D eigenvalue weighted by atomic mass is 79.9. The Kier molecular flexibility index (Phi) is 7.68. The predicted octanol–water partition coefficient (Wildman–Crippen LogP) is 3.11. The molecule has 0 aromatic carbocycles. The first-order valence-corrected chi connectivity index (χ1v) is 6.98. The molecule has 0 heterocycles. The van der Waals surface area contributed by atoms with Gasteiger partial charge in [-0.25, -0.2) is 0 Å². The second-order valence-electron chi connectivity index (χ2n) is 1.44. The summed E-state index contributed by atoms with van der Waals surface area (Å²) in [6.45, 7) is 4.14. The summed E-state index contributed by atoms with van der Waals surface area (Å²) in [6.07, 6.45) is 0. The van der Waals surface area contributed by atoms with Crippen LogP contribution in [0.2, 0.25) is 13.1 Å². The van der Waals surface area contributed by atoms with E-state index in [-0.39, 0.29) is 0 Å². The molecule has 0 rings (SSSR count). The van der Waals surface area contributed by atoms with Gasteiger partial charge in [-0.3, -0.25) is 0 Å². The van der Waals surface area contributed by atoms with Gasteiger partial charge in [0.2, 0.25) is 0 Å². The Morgan fingerprint density at radius 1 is 1.33 bits per heavy atom. The standard InChI is InChI=1S/C2H7ClSi.CBrF3/c1-4(2)3;2-1(3,4)5/h4H,1-2H3;. The van der Waals surface area contributed by atoms with Gasteiger partial charge < -0.3 is 0 Å². The number of hydrogen-bond acceptors (Lipinski definition) is 0. The van der Waals surface area contributed by atoms with Gasteiger partial charge in [-0.1, -0.05) is 13.1 Å². The zero-order valence-electron chi connectivity index (χ0n) is 4.97. The Balaban J connectivity index is 0. The predicted molar refractivity (Wildman–Crippen MR) is 39.7 cm³/mol. The lowest BCUT2D eigenvalue weighted by Crippen LogP contribution is -1.88. The highest BCUT2D eigenvalue weighted by Gasteiger charge is 2.19. The van der Waals surface area contributed by atoms with E-state index in [4.69, 9.17) is 11.1 Å². The lowest BCUT2D eigenvalue weighted by molar-refractivity contribution is -0.0245. The molecular formula is C3H7BrClF3Si. The van der Waals surface area contributed by atoms with Crippen LogP contribution in [0.3, 0.4) is 0 Å². The molecule has 0 N–H and O–H groups in total. The zero-order valence-corrected chi connectivity index (χ0v) is 8.46. The average molecular weight is 244 g/mol. The Morgan fingerprint density at radius 2 is 1.33 bits per heavy atom. The molecule has 0 bridgehead atoms. The molecule has 0 radical (unpaired) electrons. The summed E-state index contributed by atoms with van der Waals surface area (Å²) < 4.78 is 30.8. The molecule has 58 valence electrons. The largest absolute Gasteiger partial charge is 0.448 e. The third kappa shape index (κ3) is 668. The van der Waals surface area contributed by atoms with Gasteiger partial charge in [0.05, 0.1) is 0 Å². The van der Waals surface area contributed by atoms with E-state index in [1.165, 1.54) is 15.9 Å². The van der Waals surface area contributed by atoms with Crippen LogP contribution in [-0.2, 0) is 0 Å². The van der Waals surface area contributed by atoms with Crippen molar-refractivity contribution in [3.63, 3.8) is 0 Å². The maximum absolute atomic E-state index is 10.3. The van der Waals surface area contributed by atoms with E-state index in [1.54, 1.807) is 0 Å². The Hall–Kier alpha value is 0.777. The minimum absolute atomic E-state index is 0.667. The first-order chi connectivity index (χ1) is 3.73. The van der Waals surface area contributed by atoms with Crippen LogP contribution in [-0.4, -0.2) is 13.2 Å². The third-order valence-corrected chi connectivity index (χ3v) is 0. The monoisotopic (exact) mass is 242 g/mol. The summed E-state index contributed by atoms with van der Waals surface area (Å²) in [5.41, 5.74) is 0. The molecule has 0 fully saturated rings. The minimum atomic E-state index is -4.19. The number of hydrogen-bond donors (Lipinski definition) is 0. The van der Waals surface area contributed by atoms with E-state index in [9.17, 15) is 13.2 Å². The molecule has 0 aromatic heterocycles. The van der Waals surface area contributed by atoms with E-state index < -0.39 is 13.2 Å². The van der Waals surface area contributed by atoms with E-state index in [2.05, 4.69) is 13.1 Å². The molecule has 0 aromatic rings. The maximum atomic E-state index is 10.3. The van der Waals surface area contributed by atoms with Crippen LogP contribution in [0.25, 0.3) is 0 Å². The number of alkyl halides is 4. The van der Waals surface area contributed by atoms with Crippen LogP contribution in [0.15, 0.2) is 0 Å². The molecule has 0 aliphatic rings. The first kappa shape index (κ1) is 12.5. The second-order valence-corrected chi connectivity index (χ2v) is 6.99. The van der Waals surface area contributed by atoms with Gasteiger partial charge in [0, 0.05) is 15.9 Å². The summed E-state index contributed by atoms with van der Waals surface area (Å²) >= 11 is 6.79. The lowest BCUT2D eigenvalue weighted by atomic mass is 11.6. The fourth-order valence-corrected chi connectivity index (χ4v) is 0. The van der Waals surface area contributed by atoms with Gasteiger partial charge in [-0.15, -0.1) is 0 Å². The van der Waals surface area contributed by atoms with E-state index >= 15 is 0 Å². The van der Waals surface area contributed by atoms with Gasteiger partial charge in [-0.2, -0.15) is 24.3 Å². The topological polar surface area (TPSA) is 0 Å². The maximum Gasteiger partial charge on any atom is 0.448 e. The van der Waals surface area contributed by atoms with Crippen molar-refractivity contribution < 1.29 is 13.2 Å². The van der Waals surface area contributed by atoms with Crippen molar-refractivity contribution in [2.75, 3.05) is 0 Å². The summed E-state index contributed by atoms with van der Waals surface area (Å²) in [7, 11) is -0.667. The molecule has 0 unspecified atom stereocenters. The van der Waals surface area contributed by atoms with Crippen LogP contribution in [0.1, 0.15) is 0 Å². The molecular weight excluding hydrogens is 236 g/mol. The normalized spacial score (nSPS) is 10.7. The Bertz CT molecular complexity index is 55.8. The quantitative estimate of drug-likeness (QED) is 0.348. The fourth-order valence-electron chi connectivity index (χ4n) is 0. The molecule has 0 saturated heterocycles. The van der Waals surface area contributed by atoms with E-state index in [0.717, 1.165) is 0 Å². The highest BCUT2D eigenvalue weighted by molar-refractivity contribution is 9.09. The van der Waals surface area contributed by atoms with Gasteiger partial charge in [0.1, 0.15) is 8.11 Å². The van der Waals surface area contributed by atoms with Crippen LogP contribution in [0.5, 0.6) is 0 Å². The molecule has 6 heteroatoms. The second kappa shape index (κ2) is 5.55. The summed E-state index contributed by atoms with van der Waals surface area (Å²) in [5, 5.41) is -4.19. The lowest BCUT2D eigenvalue weighted by Gasteiger charge is -1.85. The highest BCUT2D eigenvalue weighted by Crippen LogP contribution is 2.21.